The molecular formula is C21H26N4O2S2. The van der Waals surface area contributed by atoms with Gasteiger partial charge in [-0.15, -0.1) is 11.3 Å². The quantitative estimate of drug-likeness (QED) is 0.377. The Morgan fingerprint density at radius 2 is 1.79 bits per heavy atom. The Morgan fingerprint density at radius 1 is 1.07 bits per heavy atom. The number of anilines is 1. The Labute approximate surface area is 176 Å². The molecule has 29 heavy (non-hydrogen) atoms. The molecule has 0 aliphatic heterocycles. The van der Waals surface area contributed by atoms with Gasteiger partial charge < -0.3 is 5.32 Å². The maximum Gasteiger partial charge on any atom is 0.243 e. The second kappa shape index (κ2) is 9.98. The number of sulfonamides is 1. The van der Waals surface area contributed by atoms with Crippen molar-refractivity contribution in [1.82, 2.24) is 14.6 Å². The largest absolute Gasteiger partial charge is 0.372 e. The Kier molecular flexibility index (Phi) is 7.38. The molecule has 1 aromatic heterocycles. The molecule has 0 bridgehead atoms. The van der Waals surface area contributed by atoms with Crippen molar-refractivity contribution >= 4 is 27.0 Å². The van der Waals surface area contributed by atoms with E-state index in [0.717, 1.165) is 17.8 Å². The highest BCUT2D eigenvalue weighted by atomic mass is 32.2. The van der Waals surface area contributed by atoms with Crippen LogP contribution in [0.25, 0.3) is 0 Å². The van der Waals surface area contributed by atoms with Gasteiger partial charge in [0.25, 0.3) is 0 Å². The third kappa shape index (κ3) is 5.86. The van der Waals surface area contributed by atoms with E-state index in [-0.39, 0.29) is 6.04 Å². The third-order valence-electron chi connectivity index (χ3n) is 4.42. The molecule has 0 saturated carbocycles. The van der Waals surface area contributed by atoms with Crippen LogP contribution in [0, 0.1) is 0 Å². The summed E-state index contributed by atoms with van der Waals surface area (Å²) in [6.07, 6.45) is 1.84. The summed E-state index contributed by atoms with van der Waals surface area (Å²) >= 11 is 1.61. The van der Waals surface area contributed by atoms with E-state index in [1.165, 1.54) is 9.18 Å². The summed E-state index contributed by atoms with van der Waals surface area (Å²) in [4.78, 5) is 5.51. The molecule has 0 atom stereocenters. The van der Waals surface area contributed by atoms with Gasteiger partial charge >= 0.3 is 0 Å². The van der Waals surface area contributed by atoms with Crippen LogP contribution in [0.3, 0.4) is 0 Å². The van der Waals surface area contributed by atoms with Gasteiger partial charge in [0.1, 0.15) is 0 Å². The second-order valence-corrected chi connectivity index (χ2v) is 9.76. The molecule has 2 N–H and O–H groups in total. The standard InChI is InChI=1S/C21H26N4O2S2/c1-17(2)25(14-18-6-4-3-5-7-18)29(26,27)21-10-8-19(9-11-21)24-15-22-12-20-13-23-16-28-20/h3-11,13,16-17,22,24H,12,14-15H2,1-2H3. The van der Waals surface area contributed by atoms with Crippen LogP contribution < -0.4 is 10.6 Å². The maximum absolute atomic E-state index is 13.2. The van der Waals surface area contributed by atoms with Crippen molar-refractivity contribution in [2.75, 3.05) is 12.0 Å². The summed E-state index contributed by atoms with van der Waals surface area (Å²) < 4.78 is 27.9. The summed E-state index contributed by atoms with van der Waals surface area (Å²) in [5, 5.41) is 6.52. The number of nitrogens with zero attached hydrogens (tertiary/aromatic N) is 2. The number of rotatable bonds is 10. The molecule has 2 aromatic carbocycles. The van der Waals surface area contributed by atoms with E-state index < -0.39 is 10.0 Å². The van der Waals surface area contributed by atoms with Crippen molar-refractivity contribution < 1.29 is 8.42 Å². The zero-order valence-electron chi connectivity index (χ0n) is 16.6. The number of benzene rings is 2. The lowest BCUT2D eigenvalue weighted by Crippen LogP contribution is -2.36. The van der Waals surface area contributed by atoms with Crippen LogP contribution in [0.5, 0.6) is 0 Å². The summed E-state index contributed by atoms with van der Waals surface area (Å²) in [5.41, 5.74) is 3.64. The molecule has 0 amide bonds. The minimum atomic E-state index is -3.59. The molecule has 0 saturated heterocycles. The molecule has 0 radical (unpaired) electrons. The number of hydrogen-bond donors (Lipinski definition) is 2. The van der Waals surface area contributed by atoms with Gasteiger partial charge in [-0.05, 0) is 43.7 Å². The van der Waals surface area contributed by atoms with E-state index >= 15 is 0 Å². The highest BCUT2D eigenvalue weighted by Crippen LogP contribution is 2.22. The molecular weight excluding hydrogens is 404 g/mol. The van der Waals surface area contributed by atoms with Crippen LogP contribution >= 0.6 is 11.3 Å². The lowest BCUT2D eigenvalue weighted by Gasteiger charge is -2.26. The Balaban J connectivity index is 1.63. The van der Waals surface area contributed by atoms with E-state index in [1.807, 2.05) is 55.9 Å². The van der Waals surface area contributed by atoms with Crippen LogP contribution in [0.2, 0.25) is 0 Å². The van der Waals surface area contributed by atoms with Gasteiger partial charge in [0, 0.05) is 35.9 Å². The van der Waals surface area contributed by atoms with E-state index in [9.17, 15) is 8.42 Å². The molecule has 0 aliphatic carbocycles. The van der Waals surface area contributed by atoms with Gasteiger partial charge in [-0.1, -0.05) is 30.3 Å². The first-order chi connectivity index (χ1) is 14.0. The first-order valence-corrected chi connectivity index (χ1v) is 11.8. The van der Waals surface area contributed by atoms with Gasteiger partial charge in [-0.25, -0.2) is 8.42 Å². The molecule has 154 valence electrons. The van der Waals surface area contributed by atoms with Gasteiger partial charge in [-0.3, -0.25) is 10.3 Å². The minimum absolute atomic E-state index is 0.144. The molecule has 1 heterocycles. The average molecular weight is 431 g/mol. The normalized spacial score (nSPS) is 11.9. The SMILES string of the molecule is CC(C)N(Cc1ccccc1)S(=O)(=O)c1ccc(NCNCc2cncs2)cc1. The number of aromatic nitrogens is 1. The van der Waals surface area contributed by atoms with Gasteiger partial charge in [-0.2, -0.15) is 4.31 Å². The fourth-order valence-corrected chi connectivity index (χ4v) is 5.06. The van der Waals surface area contributed by atoms with Crippen LogP contribution in [0.4, 0.5) is 5.69 Å². The predicted octanol–water partition coefficient (Wildman–Crippen LogP) is 3.90. The molecule has 0 fully saturated rings. The fourth-order valence-electron chi connectivity index (χ4n) is 2.87. The number of thiazole rings is 1. The first-order valence-electron chi connectivity index (χ1n) is 9.44. The van der Waals surface area contributed by atoms with Crippen LogP contribution in [0.15, 0.2) is 71.2 Å². The highest BCUT2D eigenvalue weighted by Gasteiger charge is 2.27. The van der Waals surface area contributed by atoms with E-state index in [2.05, 4.69) is 15.6 Å². The maximum atomic E-state index is 13.2. The van der Waals surface area contributed by atoms with E-state index in [4.69, 9.17) is 0 Å². The Bertz CT molecular complexity index is 973. The predicted molar refractivity (Wildman–Crippen MR) is 118 cm³/mol. The Hall–Kier alpha value is -2.26. The zero-order valence-corrected chi connectivity index (χ0v) is 18.2. The smallest absolute Gasteiger partial charge is 0.243 e. The lowest BCUT2D eigenvalue weighted by molar-refractivity contribution is 0.348. The third-order valence-corrected chi connectivity index (χ3v) is 7.23. The van der Waals surface area contributed by atoms with Crippen LogP contribution in [0.1, 0.15) is 24.3 Å². The molecule has 8 heteroatoms. The van der Waals surface area contributed by atoms with Crippen LogP contribution in [-0.2, 0) is 23.1 Å². The first kappa shape index (κ1) is 21.4. The Morgan fingerprint density at radius 3 is 2.41 bits per heavy atom. The van der Waals surface area contributed by atoms with E-state index in [1.54, 1.807) is 35.6 Å². The summed E-state index contributed by atoms with van der Waals surface area (Å²) in [7, 11) is -3.59. The number of nitrogens with one attached hydrogen (secondary N) is 2. The van der Waals surface area contributed by atoms with Gasteiger partial charge in [0.05, 0.1) is 17.1 Å². The summed E-state index contributed by atoms with van der Waals surface area (Å²) in [6, 6.07) is 16.4. The topological polar surface area (TPSA) is 74.3 Å². The highest BCUT2D eigenvalue weighted by molar-refractivity contribution is 7.89. The van der Waals surface area contributed by atoms with Crippen molar-refractivity contribution in [3.05, 3.63) is 76.7 Å². The zero-order chi connectivity index (χ0) is 20.7. The molecule has 0 spiro atoms. The van der Waals surface area contributed by atoms with Crippen molar-refractivity contribution in [3.8, 4) is 0 Å². The molecule has 0 aliphatic rings. The number of hydrogen-bond acceptors (Lipinski definition) is 6. The lowest BCUT2D eigenvalue weighted by atomic mass is 10.2. The molecule has 0 unspecified atom stereocenters. The molecule has 3 aromatic rings. The molecule has 6 nitrogen and oxygen atoms in total. The minimum Gasteiger partial charge on any atom is -0.372 e. The van der Waals surface area contributed by atoms with Crippen LogP contribution in [-0.4, -0.2) is 30.4 Å². The fraction of sp³-hybridized carbons (Fsp3) is 0.286. The molecule has 3 rings (SSSR count). The van der Waals surface area contributed by atoms with Crippen molar-refractivity contribution in [2.24, 2.45) is 0 Å². The monoisotopic (exact) mass is 430 g/mol. The van der Waals surface area contributed by atoms with E-state index in [0.29, 0.717) is 18.1 Å². The summed E-state index contributed by atoms with van der Waals surface area (Å²) in [5.74, 6) is 0. The second-order valence-electron chi connectivity index (χ2n) is 6.90. The summed E-state index contributed by atoms with van der Waals surface area (Å²) in [6.45, 7) is 5.46. The average Bonchev–Trinajstić information content (AvgIpc) is 3.24. The van der Waals surface area contributed by atoms with Crippen molar-refractivity contribution in [1.29, 1.82) is 0 Å². The van der Waals surface area contributed by atoms with Crippen molar-refractivity contribution in [3.63, 3.8) is 0 Å². The van der Waals surface area contributed by atoms with Crippen molar-refractivity contribution in [2.45, 2.75) is 37.9 Å². The van der Waals surface area contributed by atoms with Gasteiger partial charge in [0.2, 0.25) is 10.0 Å². The van der Waals surface area contributed by atoms with Gasteiger partial charge in [0.15, 0.2) is 0 Å².